The van der Waals surface area contributed by atoms with Crippen LogP contribution in [-0.4, -0.2) is 41.5 Å². The third kappa shape index (κ3) is 2.32. The van der Waals surface area contributed by atoms with Crippen molar-refractivity contribution in [2.75, 3.05) is 6.54 Å². The molecule has 2 heterocycles. The summed E-state index contributed by atoms with van der Waals surface area (Å²) in [5.74, 6) is 0. The molecule has 6 nitrogen and oxygen atoms in total. The van der Waals surface area contributed by atoms with Crippen LogP contribution in [0.15, 0.2) is 28.8 Å². The second-order valence-corrected chi connectivity index (χ2v) is 4.82. The van der Waals surface area contributed by atoms with Crippen LogP contribution in [0.2, 0.25) is 0 Å². The first kappa shape index (κ1) is 12.4. The summed E-state index contributed by atoms with van der Waals surface area (Å²) >= 11 is 0. The maximum absolute atomic E-state index is 8.74. The molecule has 0 radical (unpaired) electrons. The molecule has 1 spiro atoms. The van der Waals surface area contributed by atoms with Gasteiger partial charge in [-0.1, -0.05) is 12.2 Å². The molecule has 0 aromatic carbocycles. The Morgan fingerprint density at radius 2 is 2.18 bits per heavy atom. The monoisotopic (exact) mass is 259 g/mol. The third-order valence-corrected chi connectivity index (χ3v) is 2.94. The molecular weight excluding hydrogens is 246 g/mol. The Hall–Kier alpha value is -1.02. The first-order valence-electron chi connectivity index (χ1n) is 5.15. The number of hydrogen-bond donors (Lipinski definition) is 2. The first-order valence-corrected chi connectivity index (χ1v) is 6.55. The number of nitrogens with zero attached hydrogens (tertiary/aromatic N) is 1. The van der Waals surface area contributed by atoms with Gasteiger partial charge in [0.05, 0.1) is 5.71 Å². The largest absolute Gasteiger partial charge is 0.394 e. The van der Waals surface area contributed by atoms with E-state index in [0.29, 0.717) is 6.10 Å². The summed E-state index contributed by atoms with van der Waals surface area (Å²) in [5, 5.41) is 0. The summed E-state index contributed by atoms with van der Waals surface area (Å²) in [5.41, 5.74) is 2.37. The Labute approximate surface area is 99.3 Å². The molecule has 3 rings (SSSR count). The predicted molar refractivity (Wildman–Crippen MR) is 61.6 cm³/mol. The van der Waals surface area contributed by atoms with Gasteiger partial charge in [-0.2, -0.15) is 8.42 Å². The van der Waals surface area contributed by atoms with E-state index in [-0.39, 0.29) is 5.60 Å². The van der Waals surface area contributed by atoms with E-state index in [9.17, 15) is 0 Å². The topological polar surface area (TPSA) is 99.5 Å². The van der Waals surface area contributed by atoms with Gasteiger partial charge in [0.2, 0.25) is 0 Å². The minimum atomic E-state index is -4.67. The normalized spacial score (nSPS) is 35.6. The molecule has 1 fully saturated rings. The average Bonchev–Trinajstić information content (AvgIpc) is 2.82. The molecule has 0 aromatic heterocycles. The summed E-state index contributed by atoms with van der Waals surface area (Å²) in [4.78, 5) is 4.47. The van der Waals surface area contributed by atoms with Gasteiger partial charge in [0.15, 0.2) is 5.60 Å². The fourth-order valence-corrected chi connectivity index (χ4v) is 2.28. The van der Waals surface area contributed by atoms with Gasteiger partial charge in [0, 0.05) is 6.54 Å². The molecule has 1 saturated heterocycles. The molecule has 2 N–H and O–H groups in total. The summed E-state index contributed by atoms with van der Waals surface area (Å²) in [7, 11) is -4.67. The second-order valence-electron chi connectivity index (χ2n) is 3.92. The zero-order chi connectivity index (χ0) is 12.7. The second kappa shape index (κ2) is 4.02. The van der Waals surface area contributed by atoms with E-state index in [4.69, 9.17) is 22.3 Å². The van der Waals surface area contributed by atoms with Crippen molar-refractivity contribution in [3.63, 3.8) is 0 Å². The van der Waals surface area contributed by atoms with E-state index < -0.39 is 10.4 Å². The molecule has 0 saturated carbocycles. The fourth-order valence-electron chi connectivity index (χ4n) is 2.28. The number of rotatable bonds is 0. The lowest BCUT2D eigenvalue weighted by atomic mass is 9.92. The van der Waals surface area contributed by atoms with E-state index in [1.54, 1.807) is 0 Å². The minimum Gasteiger partial charge on any atom is -0.354 e. The summed E-state index contributed by atoms with van der Waals surface area (Å²) < 4.78 is 37.3. The number of hydrogen-bond acceptors (Lipinski definition) is 4. The predicted octanol–water partition coefficient (Wildman–Crippen LogP) is 0.832. The number of allylic oxidation sites excluding steroid dienone is 1. The first-order chi connectivity index (χ1) is 7.88. The average molecular weight is 259 g/mol. The van der Waals surface area contributed by atoms with E-state index in [2.05, 4.69) is 30.1 Å². The molecular formula is C10H13NO5S. The van der Waals surface area contributed by atoms with Crippen molar-refractivity contribution in [3.05, 3.63) is 23.8 Å². The zero-order valence-electron chi connectivity index (χ0n) is 9.20. The molecule has 2 unspecified atom stereocenters. The molecule has 2 atom stereocenters. The molecule has 3 aliphatic rings. The summed E-state index contributed by atoms with van der Waals surface area (Å²) in [6, 6.07) is 0. The van der Waals surface area contributed by atoms with Gasteiger partial charge in [-0.25, -0.2) is 0 Å². The SMILES string of the molecule is C/C=C1\C=CC2=NCCC3OC213.O=S(=O)(O)O. The quantitative estimate of drug-likeness (QED) is 0.496. The standard InChI is InChI=1S/C10H11NO.H2O4S/c1-2-7-3-4-8-10(7)9(12-10)5-6-11-8;1-5(2,3)4/h2-4,9H,5-6H2,1H3;(H2,1,2,3,4)/b7-2+;. The Bertz CT molecular complexity index is 511. The van der Waals surface area contributed by atoms with Crippen LogP contribution in [-0.2, 0) is 15.1 Å². The van der Waals surface area contributed by atoms with E-state index in [0.717, 1.165) is 18.7 Å². The number of epoxide rings is 1. The Morgan fingerprint density at radius 3 is 2.76 bits per heavy atom. The lowest BCUT2D eigenvalue weighted by Gasteiger charge is -2.12. The van der Waals surface area contributed by atoms with Gasteiger partial charge >= 0.3 is 10.4 Å². The van der Waals surface area contributed by atoms with Crippen molar-refractivity contribution < 1.29 is 22.3 Å². The van der Waals surface area contributed by atoms with Crippen molar-refractivity contribution >= 4 is 16.1 Å². The number of ether oxygens (including phenoxy) is 1. The molecule has 1 aliphatic carbocycles. The molecule has 7 heteroatoms. The van der Waals surface area contributed by atoms with Crippen LogP contribution in [0.4, 0.5) is 0 Å². The fraction of sp³-hybridized carbons (Fsp3) is 0.500. The Balaban J connectivity index is 0.000000188. The van der Waals surface area contributed by atoms with Gasteiger partial charge in [0.1, 0.15) is 6.10 Å². The van der Waals surface area contributed by atoms with Gasteiger partial charge in [-0.05, 0) is 25.0 Å². The van der Waals surface area contributed by atoms with Gasteiger partial charge in [0.25, 0.3) is 0 Å². The third-order valence-electron chi connectivity index (χ3n) is 2.94. The highest BCUT2D eigenvalue weighted by Crippen LogP contribution is 2.51. The highest BCUT2D eigenvalue weighted by atomic mass is 32.3. The molecule has 2 aliphatic heterocycles. The Kier molecular flexibility index (Phi) is 2.94. The molecule has 17 heavy (non-hydrogen) atoms. The summed E-state index contributed by atoms with van der Waals surface area (Å²) in [6.07, 6.45) is 7.86. The smallest absolute Gasteiger partial charge is 0.354 e. The van der Waals surface area contributed by atoms with Gasteiger partial charge in [-0.3, -0.25) is 14.1 Å². The molecule has 0 bridgehead atoms. The maximum atomic E-state index is 8.74. The van der Waals surface area contributed by atoms with Crippen LogP contribution in [0.25, 0.3) is 0 Å². The van der Waals surface area contributed by atoms with Crippen molar-refractivity contribution in [3.8, 4) is 0 Å². The Morgan fingerprint density at radius 1 is 1.53 bits per heavy atom. The van der Waals surface area contributed by atoms with Crippen molar-refractivity contribution in [2.24, 2.45) is 4.99 Å². The minimum absolute atomic E-state index is 0.0764. The maximum Gasteiger partial charge on any atom is 0.394 e. The highest BCUT2D eigenvalue weighted by Gasteiger charge is 2.63. The van der Waals surface area contributed by atoms with Crippen molar-refractivity contribution in [2.45, 2.75) is 25.0 Å². The molecule has 0 aromatic rings. The van der Waals surface area contributed by atoms with Crippen molar-refractivity contribution in [1.29, 1.82) is 0 Å². The number of aliphatic imine (C=N–C) groups is 1. The van der Waals surface area contributed by atoms with Crippen LogP contribution in [0, 0.1) is 0 Å². The lowest BCUT2D eigenvalue weighted by molar-refractivity contribution is 0.364. The van der Waals surface area contributed by atoms with Crippen LogP contribution in [0.5, 0.6) is 0 Å². The lowest BCUT2D eigenvalue weighted by Crippen LogP contribution is -2.27. The molecule has 94 valence electrons. The van der Waals surface area contributed by atoms with Crippen LogP contribution in [0.3, 0.4) is 0 Å². The van der Waals surface area contributed by atoms with Gasteiger partial charge in [-0.15, -0.1) is 0 Å². The van der Waals surface area contributed by atoms with Crippen LogP contribution < -0.4 is 0 Å². The molecule has 0 amide bonds. The summed E-state index contributed by atoms with van der Waals surface area (Å²) in [6.45, 7) is 2.99. The van der Waals surface area contributed by atoms with E-state index in [1.165, 1.54) is 5.57 Å². The van der Waals surface area contributed by atoms with Crippen LogP contribution in [0.1, 0.15) is 13.3 Å². The van der Waals surface area contributed by atoms with Crippen molar-refractivity contribution in [1.82, 2.24) is 0 Å². The van der Waals surface area contributed by atoms with E-state index >= 15 is 0 Å². The van der Waals surface area contributed by atoms with E-state index in [1.807, 2.05) is 0 Å². The van der Waals surface area contributed by atoms with Gasteiger partial charge < -0.3 is 4.74 Å². The highest BCUT2D eigenvalue weighted by molar-refractivity contribution is 7.79. The van der Waals surface area contributed by atoms with Crippen LogP contribution >= 0.6 is 0 Å². The zero-order valence-corrected chi connectivity index (χ0v) is 10.0.